The Morgan fingerprint density at radius 3 is 2.79 bits per heavy atom. The van der Waals surface area contributed by atoms with Gasteiger partial charge in [0.15, 0.2) is 0 Å². The molecule has 0 aromatic heterocycles. The molecule has 0 heterocycles. The fourth-order valence-electron chi connectivity index (χ4n) is 0.998. The lowest BCUT2D eigenvalue weighted by Crippen LogP contribution is -2.00. The van der Waals surface area contributed by atoms with Crippen molar-refractivity contribution in [2.75, 3.05) is 11.9 Å². The molecule has 1 nitrogen and oxygen atoms in total. The molecule has 3 heteroatoms. The zero-order chi connectivity index (χ0) is 10.6. The molecule has 0 aliphatic heterocycles. The Bertz CT molecular complexity index is 343. The zero-order valence-corrected chi connectivity index (χ0v) is 10.4. The summed E-state index contributed by atoms with van der Waals surface area (Å²) in [7, 11) is 0. The molecule has 0 aliphatic rings. The summed E-state index contributed by atoms with van der Waals surface area (Å²) in [5, 5.41) is 3.22. The Morgan fingerprint density at radius 2 is 2.21 bits per heavy atom. The highest BCUT2D eigenvalue weighted by atomic mass is 127. The van der Waals surface area contributed by atoms with Crippen LogP contribution in [0.25, 0.3) is 0 Å². The minimum Gasteiger partial charge on any atom is -0.381 e. The second-order valence-corrected chi connectivity index (χ2v) is 4.45. The molecule has 0 saturated heterocycles. The van der Waals surface area contributed by atoms with Crippen molar-refractivity contribution in [3.63, 3.8) is 0 Å². The number of anilines is 1. The minimum absolute atomic E-state index is 0.192. The van der Waals surface area contributed by atoms with Crippen LogP contribution in [0.2, 0.25) is 0 Å². The first-order valence-electron chi connectivity index (χ1n) is 4.42. The average Bonchev–Trinajstić information content (AvgIpc) is 2.08. The maximum absolute atomic E-state index is 12.8. The maximum atomic E-state index is 12.8. The van der Waals surface area contributed by atoms with Crippen LogP contribution in [0.1, 0.15) is 13.8 Å². The van der Waals surface area contributed by atoms with Crippen LogP contribution in [-0.2, 0) is 0 Å². The molecule has 0 fully saturated rings. The van der Waals surface area contributed by atoms with Gasteiger partial charge in [0.05, 0.1) is 0 Å². The van der Waals surface area contributed by atoms with Gasteiger partial charge in [-0.05, 0) is 54.6 Å². The molecule has 1 N–H and O–H groups in total. The van der Waals surface area contributed by atoms with E-state index in [2.05, 4.69) is 47.8 Å². The molecule has 0 saturated carbocycles. The summed E-state index contributed by atoms with van der Waals surface area (Å²) in [6.45, 7) is 4.89. The third kappa shape index (κ3) is 3.65. The monoisotopic (exact) mass is 305 g/mol. The number of allylic oxidation sites excluding steroid dienone is 1. The van der Waals surface area contributed by atoms with Crippen molar-refractivity contribution < 1.29 is 4.39 Å². The van der Waals surface area contributed by atoms with Crippen molar-refractivity contribution in [3.8, 4) is 0 Å². The quantitative estimate of drug-likeness (QED) is 0.661. The SMILES string of the molecule is CC(C)=CCNc1ccc(F)cc1I. The van der Waals surface area contributed by atoms with E-state index in [-0.39, 0.29) is 5.82 Å². The number of benzene rings is 1. The lowest BCUT2D eigenvalue weighted by Gasteiger charge is -2.06. The summed E-state index contributed by atoms with van der Waals surface area (Å²) in [6.07, 6.45) is 2.10. The van der Waals surface area contributed by atoms with Gasteiger partial charge in [-0.15, -0.1) is 0 Å². The molecule has 1 aromatic rings. The highest BCUT2D eigenvalue weighted by Crippen LogP contribution is 2.18. The van der Waals surface area contributed by atoms with E-state index in [9.17, 15) is 4.39 Å². The molecular weight excluding hydrogens is 292 g/mol. The molecule has 0 unspecified atom stereocenters. The number of rotatable bonds is 3. The van der Waals surface area contributed by atoms with Crippen molar-refractivity contribution in [1.82, 2.24) is 0 Å². The summed E-state index contributed by atoms with van der Waals surface area (Å²) in [5.41, 5.74) is 2.25. The van der Waals surface area contributed by atoms with Crippen LogP contribution < -0.4 is 5.32 Å². The maximum Gasteiger partial charge on any atom is 0.124 e. The van der Waals surface area contributed by atoms with Crippen molar-refractivity contribution in [2.45, 2.75) is 13.8 Å². The van der Waals surface area contributed by atoms with E-state index in [0.717, 1.165) is 15.8 Å². The fraction of sp³-hybridized carbons (Fsp3) is 0.273. The molecule has 0 amide bonds. The first kappa shape index (κ1) is 11.5. The van der Waals surface area contributed by atoms with Gasteiger partial charge in [0.25, 0.3) is 0 Å². The summed E-state index contributed by atoms with van der Waals surface area (Å²) in [6, 6.07) is 4.74. The van der Waals surface area contributed by atoms with Gasteiger partial charge in [0.1, 0.15) is 5.82 Å². The van der Waals surface area contributed by atoms with Gasteiger partial charge >= 0.3 is 0 Å². The van der Waals surface area contributed by atoms with Gasteiger partial charge in [0.2, 0.25) is 0 Å². The highest BCUT2D eigenvalue weighted by molar-refractivity contribution is 14.1. The van der Waals surface area contributed by atoms with Gasteiger partial charge in [-0.3, -0.25) is 0 Å². The molecule has 0 aliphatic carbocycles. The normalized spacial score (nSPS) is 9.71. The standard InChI is InChI=1S/C11H13FIN/c1-8(2)5-6-14-11-4-3-9(12)7-10(11)13/h3-5,7,14H,6H2,1-2H3. The van der Waals surface area contributed by atoms with Crippen molar-refractivity contribution >= 4 is 28.3 Å². The van der Waals surface area contributed by atoms with Crippen molar-refractivity contribution in [3.05, 3.63) is 39.2 Å². The van der Waals surface area contributed by atoms with E-state index in [4.69, 9.17) is 0 Å². The smallest absolute Gasteiger partial charge is 0.124 e. The average molecular weight is 305 g/mol. The number of hydrogen-bond acceptors (Lipinski definition) is 1. The Labute approximate surface area is 97.5 Å². The summed E-state index contributed by atoms with van der Waals surface area (Å²) >= 11 is 2.12. The molecule has 1 rings (SSSR count). The van der Waals surface area contributed by atoms with E-state index in [1.807, 2.05) is 0 Å². The second kappa shape index (κ2) is 5.34. The molecule has 14 heavy (non-hydrogen) atoms. The highest BCUT2D eigenvalue weighted by Gasteiger charge is 1.98. The Hall–Kier alpha value is -0.580. The molecule has 0 radical (unpaired) electrons. The van der Waals surface area contributed by atoms with Crippen LogP contribution >= 0.6 is 22.6 Å². The molecule has 0 bridgehead atoms. The second-order valence-electron chi connectivity index (χ2n) is 3.29. The predicted molar refractivity (Wildman–Crippen MR) is 67.0 cm³/mol. The number of nitrogens with one attached hydrogen (secondary N) is 1. The summed E-state index contributed by atoms with van der Waals surface area (Å²) in [4.78, 5) is 0. The van der Waals surface area contributed by atoms with E-state index in [1.54, 1.807) is 6.07 Å². The Morgan fingerprint density at radius 1 is 1.50 bits per heavy atom. The van der Waals surface area contributed by atoms with Crippen LogP contribution in [-0.4, -0.2) is 6.54 Å². The molecular formula is C11H13FIN. The third-order valence-electron chi connectivity index (χ3n) is 1.73. The first-order chi connectivity index (χ1) is 6.59. The van der Waals surface area contributed by atoms with Crippen molar-refractivity contribution in [2.24, 2.45) is 0 Å². The van der Waals surface area contributed by atoms with Gasteiger partial charge in [0, 0.05) is 15.8 Å². The molecule has 0 atom stereocenters. The van der Waals surface area contributed by atoms with E-state index in [1.165, 1.54) is 17.7 Å². The van der Waals surface area contributed by atoms with Crippen LogP contribution in [0.3, 0.4) is 0 Å². The van der Waals surface area contributed by atoms with Crippen LogP contribution in [0.15, 0.2) is 29.8 Å². The molecule has 76 valence electrons. The number of hydrogen-bond donors (Lipinski definition) is 1. The third-order valence-corrected chi connectivity index (χ3v) is 2.63. The molecule has 1 aromatic carbocycles. The zero-order valence-electron chi connectivity index (χ0n) is 8.27. The van der Waals surface area contributed by atoms with Crippen LogP contribution in [0, 0.1) is 9.39 Å². The largest absolute Gasteiger partial charge is 0.381 e. The van der Waals surface area contributed by atoms with E-state index < -0.39 is 0 Å². The van der Waals surface area contributed by atoms with Crippen molar-refractivity contribution in [1.29, 1.82) is 0 Å². The Balaban J connectivity index is 2.64. The lowest BCUT2D eigenvalue weighted by molar-refractivity contribution is 0.627. The summed E-state index contributed by atoms with van der Waals surface area (Å²) in [5.74, 6) is -0.192. The number of halogens is 2. The predicted octanol–water partition coefficient (Wildman–Crippen LogP) is 3.81. The topological polar surface area (TPSA) is 12.0 Å². The fourth-order valence-corrected chi connectivity index (χ4v) is 1.67. The van der Waals surface area contributed by atoms with Gasteiger partial charge < -0.3 is 5.32 Å². The van der Waals surface area contributed by atoms with Crippen LogP contribution in [0.4, 0.5) is 10.1 Å². The lowest BCUT2D eigenvalue weighted by atomic mass is 10.3. The van der Waals surface area contributed by atoms with Gasteiger partial charge in [-0.25, -0.2) is 4.39 Å². The van der Waals surface area contributed by atoms with Crippen LogP contribution in [0.5, 0.6) is 0 Å². The first-order valence-corrected chi connectivity index (χ1v) is 5.50. The van der Waals surface area contributed by atoms with E-state index >= 15 is 0 Å². The molecule has 0 spiro atoms. The Kier molecular flexibility index (Phi) is 4.38. The van der Waals surface area contributed by atoms with Gasteiger partial charge in [-0.1, -0.05) is 11.6 Å². The van der Waals surface area contributed by atoms with Gasteiger partial charge in [-0.2, -0.15) is 0 Å². The summed E-state index contributed by atoms with van der Waals surface area (Å²) < 4.78 is 13.7. The minimum atomic E-state index is -0.192. The van der Waals surface area contributed by atoms with E-state index in [0.29, 0.717) is 0 Å².